The van der Waals surface area contributed by atoms with Crippen molar-refractivity contribution in [3.05, 3.63) is 23.5 Å². The molecule has 10 heteroatoms. The molecule has 0 bridgehead atoms. The van der Waals surface area contributed by atoms with Crippen molar-refractivity contribution in [3.8, 4) is 0 Å². The van der Waals surface area contributed by atoms with Gasteiger partial charge in [0.15, 0.2) is 11.9 Å². The Bertz CT molecular complexity index is 637. The quantitative estimate of drug-likeness (QED) is 0.270. The maximum atomic E-state index is 13.8. The molecular weight excluding hydrogens is 303 g/mol. The molecule has 0 spiro atoms. The van der Waals surface area contributed by atoms with E-state index < -0.39 is 29.8 Å². The molecule has 0 radical (unpaired) electrons. The van der Waals surface area contributed by atoms with Crippen molar-refractivity contribution >= 4 is 35.3 Å². The highest BCUT2D eigenvalue weighted by Crippen LogP contribution is 2.33. The van der Waals surface area contributed by atoms with E-state index in [0.29, 0.717) is 4.90 Å². The maximum absolute atomic E-state index is 13.8. The van der Waals surface area contributed by atoms with Crippen molar-refractivity contribution in [1.82, 2.24) is 0 Å². The predicted octanol–water partition coefficient (Wildman–Crippen LogP) is 0.428. The number of halogens is 1. The Balaban J connectivity index is 2.35. The molecule has 2 amide bonds. The lowest BCUT2D eigenvalue weighted by Crippen LogP contribution is -2.35. The monoisotopic (exact) mass is 314 g/mol. The van der Waals surface area contributed by atoms with Gasteiger partial charge >= 0.3 is 6.09 Å². The Kier molecular flexibility index (Phi) is 4.17. The number of amides is 2. The molecule has 0 unspecified atom stereocenters. The molecule has 0 aliphatic carbocycles. The number of fused-ring (bicyclic) bond motifs is 1. The maximum Gasteiger partial charge on any atom is 0.405 e. The van der Waals surface area contributed by atoms with Crippen LogP contribution in [0.25, 0.3) is 0 Å². The van der Waals surface area contributed by atoms with Crippen LogP contribution in [0.2, 0.25) is 0 Å². The smallest absolute Gasteiger partial charge is 0.405 e. The number of hydrogen-bond donors (Lipinski definition) is 4. The van der Waals surface area contributed by atoms with E-state index in [4.69, 9.17) is 16.7 Å². The summed E-state index contributed by atoms with van der Waals surface area (Å²) in [6.45, 7) is 0. The van der Waals surface area contributed by atoms with Gasteiger partial charge in [0, 0.05) is 10.6 Å². The molecule has 21 heavy (non-hydrogen) atoms. The number of carbonyl (C=O) groups excluding carboxylic acids is 2. The summed E-state index contributed by atoms with van der Waals surface area (Å²) in [5, 5.41) is 13.8. The molecule has 0 saturated carbocycles. The van der Waals surface area contributed by atoms with Crippen molar-refractivity contribution in [1.29, 1.82) is 0 Å². The van der Waals surface area contributed by atoms with Gasteiger partial charge in [-0.05, 0) is 12.1 Å². The highest BCUT2D eigenvalue weighted by atomic mass is 32.2. The lowest BCUT2D eigenvalue weighted by Gasteiger charge is -2.12. The van der Waals surface area contributed by atoms with Crippen LogP contribution < -0.4 is 16.8 Å². The van der Waals surface area contributed by atoms with Crippen LogP contribution in [0.5, 0.6) is 0 Å². The van der Waals surface area contributed by atoms with Crippen LogP contribution in [0.1, 0.15) is 5.56 Å². The Labute approximate surface area is 122 Å². The van der Waals surface area contributed by atoms with Gasteiger partial charge in [-0.1, -0.05) is 5.16 Å². The zero-order valence-electron chi connectivity index (χ0n) is 10.5. The van der Waals surface area contributed by atoms with Crippen LogP contribution in [-0.2, 0) is 9.53 Å². The van der Waals surface area contributed by atoms with Crippen molar-refractivity contribution in [2.45, 2.75) is 11.0 Å². The van der Waals surface area contributed by atoms with Crippen LogP contribution in [0, 0.1) is 5.82 Å². The Morgan fingerprint density at radius 3 is 2.86 bits per heavy atom. The third-order valence-corrected chi connectivity index (χ3v) is 3.77. The summed E-state index contributed by atoms with van der Waals surface area (Å²) in [7, 11) is 0. The molecule has 0 aromatic heterocycles. The number of primary amides is 1. The minimum atomic E-state index is -1.09. The first-order chi connectivity index (χ1) is 9.92. The summed E-state index contributed by atoms with van der Waals surface area (Å²) in [5.41, 5.74) is 10.3. The molecule has 112 valence electrons. The van der Waals surface area contributed by atoms with Crippen LogP contribution in [0.3, 0.4) is 0 Å². The summed E-state index contributed by atoms with van der Waals surface area (Å²) in [6, 6.07) is 2.37. The first-order valence-corrected chi connectivity index (χ1v) is 6.62. The van der Waals surface area contributed by atoms with E-state index in [9.17, 15) is 14.0 Å². The molecule has 1 aliphatic heterocycles. The molecular formula is C11H11FN4O4S. The van der Waals surface area contributed by atoms with Gasteiger partial charge in [-0.2, -0.15) is 0 Å². The topological polar surface area (TPSA) is 140 Å². The van der Waals surface area contributed by atoms with Crippen molar-refractivity contribution < 1.29 is 23.9 Å². The molecule has 1 atom stereocenters. The van der Waals surface area contributed by atoms with Gasteiger partial charge in [0.1, 0.15) is 5.82 Å². The number of rotatable bonds is 2. The second kappa shape index (κ2) is 5.87. The van der Waals surface area contributed by atoms with E-state index >= 15 is 0 Å². The molecule has 0 fully saturated rings. The third-order valence-electron chi connectivity index (χ3n) is 2.65. The minimum absolute atomic E-state index is 0.0874. The second-order valence-electron chi connectivity index (χ2n) is 4.04. The lowest BCUT2D eigenvalue weighted by atomic mass is 10.1. The van der Waals surface area contributed by atoms with Crippen LogP contribution in [0.4, 0.5) is 14.9 Å². The SMILES string of the molecule is NC(=O)O[C@H]1CSc2cc(F)c(/C(N)=N/O)cc2NC1=O. The Hall–Kier alpha value is -2.49. The number of amidine groups is 1. The normalized spacial score (nSPS) is 18.4. The highest BCUT2D eigenvalue weighted by Gasteiger charge is 2.28. The number of nitrogens with one attached hydrogen (secondary N) is 1. The number of ether oxygens (including phenoxy) is 1. The number of hydrogen-bond acceptors (Lipinski definition) is 6. The first-order valence-electron chi connectivity index (χ1n) is 5.63. The standard InChI is InChI=1S/C11H11FN4O4S/c12-5-2-8-6(1-4(5)9(13)16-19)15-10(17)7(3-21-8)20-11(14)18/h1-2,7,19H,3H2,(H2,13,16)(H2,14,18)(H,15,17)/t7-/m0/s1. The van der Waals surface area contributed by atoms with Gasteiger partial charge in [0.25, 0.3) is 5.91 Å². The van der Waals surface area contributed by atoms with E-state index in [-0.39, 0.29) is 17.0 Å². The summed E-state index contributed by atoms with van der Waals surface area (Å²) in [5.74, 6) is -1.65. The second-order valence-corrected chi connectivity index (χ2v) is 5.10. The average Bonchev–Trinajstić information content (AvgIpc) is 2.57. The zero-order valence-corrected chi connectivity index (χ0v) is 11.3. The molecule has 1 aromatic rings. The van der Waals surface area contributed by atoms with Gasteiger partial charge in [-0.15, -0.1) is 11.8 Å². The first kappa shape index (κ1) is 14.9. The predicted molar refractivity (Wildman–Crippen MR) is 72.7 cm³/mol. The van der Waals surface area contributed by atoms with Gasteiger partial charge in [-0.3, -0.25) is 4.79 Å². The van der Waals surface area contributed by atoms with Crippen LogP contribution >= 0.6 is 11.8 Å². The average molecular weight is 314 g/mol. The fraction of sp³-hybridized carbons (Fsp3) is 0.182. The number of thioether (sulfide) groups is 1. The Morgan fingerprint density at radius 2 is 2.24 bits per heavy atom. The summed E-state index contributed by atoms with van der Waals surface area (Å²) in [4.78, 5) is 23.0. The number of anilines is 1. The number of benzene rings is 1. The fourth-order valence-electron chi connectivity index (χ4n) is 1.70. The van der Waals surface area contributed by atoms with Gasteiger partial charge in [-0.25, -0.2) is 9.18 Å². The van der Waals surface area contributed by atoms with E-state index in [1.165, 1.54) is 6.07 Å². The largest absolute Gasteiger partial charge is 0.435 e. The summed E-state index contributed by atoms with van der Waals surface area (Å²) < 4.78 is 18.5. The van der Waals surface area contributed by atoms with Crippen LogP contribution in [-0.4, -0.2) is 34.9 Å². The summed E-state index contributed by atoms with van der Waals surface area (Å²) in [6.07, 6.45) is -2.17. The molecule has 1 heterocycles. The summed E-state index contributed by atoms with van der Waals surface area (Å²) >= 11 is 1.11. The van der Waals surface area contributed by atoms with Crippen LogP contribution in [0.15, 0.2) is 22.2 Å². The van der Waals surface area contributed by atoms with E-state index in [2.05, 4.69) is 15.2 Å². The number of nitrogens with zero attached hydrogens (tertiary/aromatic N) is 1. The third kappa shape index (κ3) is 3.16. The number of nitrogens with two attached hydrogens (primary N) is 2. The van der Waals surface area contributed by atoms with Gasteiger partial charge < -0.3 is 26.7 Å². The van der Waals surface area contributed by atoms with Crippen molar-refractivity contribution in [2.75, 3.05) is 11.1 Å². The van der Waals surface area contributed by atoms with E-state index in [1.54, 1.807) is 0 Å². The van der Waals surface area contributed by atoms with Crippen molar-refractivity contribution in [3.63, 3.8) is 0 Å². The fourth-order valence-corrected chi connectivity index (χ4v) is 2.71. The minimum Gasteiger partial charge on any atom is -0.435 e. The number of oxime groups is 1. The lowest BCUT2D eigenvalue weighted by molar-refractivity contribution is -0.123. The molecule has 8 nitrogen and oxygen atoms in total. The molecule has 0 saturated heterocycles. The Morgan fingerprint density at radius 1 is 1.52 bits per heavy atom. The highest BCUT2D eigenvalue weighted by molar-refractivity contribution is 7.99. The molecule has 1 aromatic carbocycles. The molecule has 6 N–H and O–H groups in total. The van der Waals surface area contributed by atoms with Gasteiger partial charge in [0.05, 0.1) is 11.3 Å². The molecule has 1 aliphatic rings. The van der Waals surface area contributed by atoms with Crippen molar-refractivity contribution in [2.24, 2.45) is 16.6 Å². The van der Waals surface area contributed by atoms with Gasteiger partial charge in [0.2, 0.25) is 0 Å². The van der Waals surface area contributed by atoms with E-state index in [1.807, 2.05) is 0 Å². The molecule has 2 rings (SSSR count). The van der Waals surface area contributed by atoms with E-state index in [0.717, 1.165) is 17.8 Å². The number of carbonyl (C=O) groups is 2. The zero-order chi connectivity index (χ0) is 15.6.